The molecule has 1 aromatic rings. The van der Waals surface area contributed by atoms with Crippen LogP contribution >= 0.6 is 11.6 Å². The summed E-state index contributed by atoms with van der Waals surface area (Å²) in [5.41, 5.74) is 0. The number of rotatable bonds is 1. The third-order valence-corrected chi connectivity index (χ3v) is 1.06. The van der Waals surface area contributed by atoms with Gasteiger partial charge in [0.15, 0.2) is 0 Å². The number of hydrogen-bond donors (Lipinski definition) is 0. The number of halogens is 1. The first-order valence-corrected chi connectivity index (χ1v) is 2.64. The van der Waals surface area contributed by atoms with Crippen LogP contribution in [0, 0.1) is 0 Å². The van der Waals surface area contributed by atoms with Gasteiger partial charge in [-0.3, -0.25) is 0 Å². The topological polar surface area (TPSA) is 43.6 Å². The minimum absolute atomic E-state index is 0.340. The molecule has 0 aliphatic rings. The van der Waals surface area contributed by atoms with Gasteiger partial charge in [-0.25, -0.2) is 4.68 Å². The highest BCUT2D eigenvalue weighted by Gasteiger charge is 1.95. The number of tetrazole rings is 1. The van der Waals surface area contributed by atoms with Crippen LogP contribution in [-0.2, 0) is 6.54 Å². The van der Waals surface area contributed by atoms with Crippen molar-refractivity contribution in [2.45, 2.75) is 13.5 Å². The predicted molar refractivity (Wildman–Crippen MR) is 28.5 cm³/mol. The minimum atomic E-state index is 0.340. The molecule has 0 saturated heterocycles. The fraction of sp³-hybridized carbons (Fsp3) is 0.667. The number of nitrogens with zero attached hydrogens (tertiary/aromatic N) is 4. The van der Waals surface area contributed by atoms with Gasteiger partial charge in [-0.05, 0) is 29.0 Å². The fourth-order valence-electron chi connectivity index (χ4n) is 0.387. The Hall–Kier alpha value is -0.640. The van der Waals surface area contributed by atoms with Crippen LogP contribution < -0.4 is 0 Å². The van der Waals surface area contributed by atoms with Gasteiger partial charge in [0.2, 0.25) is 5.28 Å². The van der Waals surface area contributed by atoms with E-state index in [4.69, 9.17) is 11.6 Å². The Labute approximate surface area is 51.4 Å². The van der Waals surface area contributed by atoms with Crippen molar-refractivity contribution in [2.24, 2.45) is 0 Å². The molecule has 0 saturated carbocycles. The maximum Gasteiger partial charge on any atom is 0.243 e. The predicted octanol–water partition coefficient (Wildman–Crippen LogP) is 0.346. The Bertz CT molecular complexity index is 172. The highest BCUT2D eigenvalue weighted by Crippen LogP contribution is 1.97. The van der Waals surface area contributed by atoms with Crippen molar-refractivity contribution in [3.8, 4) is 0 Å². The Morgan fingerprint density at radius 3 is 2.75 bits per heavy atom. The Morgan fingerprint density at radius 2 is 2.50 bits per heavy atom. The summed E-state index contributed by atoms with van der Waals surface area (Å²) >= 11 is 5.47. The standard InChI is InChI=1S/C3H5ClN4/c1-2-8-3(4)5-6-7-8/h2H2,1H3. The molecule has 0 amide bonds. The largest absolute Gasteiger partial charge is 0.243 e. The molecule has 0 aromatic carbocycles. The zero-order valence-corrected chi connectivity index (χ0v) is 5.13. The van der Waals surface area contributed by atoms with E-state index in [0.29, 0.717) is 11.8 Å². The summed E-state index contributed by atoms with van der Waals surface area (Å²) in [6.07, 6.45) is 0. The van der Waals surface area contributed by atoms with Crippen molar-refractivity contribution in [1.82, 2.24) is 20.2 Å². The summed E-state index contributed by atoms with van der Waals surface area (Å²) in [4.78, 5) is 0. The first kappa shape index (κ1) is 5.50. The van der Waals surface area contributed by atoms with Gasteiger partial charge in [-0.1, -0.05) is 5.10 Å². The van der Waals surface area contributed by atoms with E-state index in [-0.39, 0.29) is 0 Å². The van der Waals surface area contributed by atoms with E-state index in [0.717, 1.165) is 0 Å². The van der Waals surface area contributed by atoms with Crippen LogP contribution in [0.2, 0.25) is 5.28 Å². The SMILES string of the molecule is CCn1nnnc1Cl. The first-order valence-electron chi connectivity index (χ1n) is 2.26. The summed E-state index contributed by atoms with van der Waals surface area (Å²) in [6.45, 7) is 2.63. The van der Waals surface area contributed by atoms with E-state index in [2.05, 4.69) is 15.5 Å². The number of aryl methyl sites for hydroxylation is 1. The average Bonchev–Trinajstić information content (AvgIpc) is 2.14. The fourth-order valence-corrected chi connectivity index (χ4v) is 0.575. The maximum atomic E-state index is 5.47. The normalized spacial score (nSPS) is 9.75. The maximum absolute atomic E-state index is 5.47. The molecular formula is C3H5ClN4. The molecule has 1 rings (SSSR count). The second-order valence-electron chi connectivity index (χ2n) is 1.26. The molecule has 0 N–H and O–H groups in total. The quantitative estimate of drug-likeness (QED) is 0.554. The first-order chi connectivity index (χ1) is 3.84. The number of aromatic nitrogens is 4. The van der Waals surface area contributed by atoms with E-state index in [1.165, 1.54) is 4.68 Å². The zero-order chi connectivity index (χ0) is 5.98. The van der Waals surface area contributed by atoms with Crippen LogP contribution in [-0.4, -0.2) is 20.2 Å². The molecule has 0 fully saturated rings. The summed E-state index contributed by atoms with van der Waals surface area (Å²) < 4.78 is 1.50. The highest BCUT2D eigenvalue weighted by atomic mass is 35.5. The Morgan fingerprint density at radius 1 is 1.75 bits per heavy atom. The lowest BCUT2D eigenvalue weighted by atomic mass is 10.8. The van der Waals surface area contributed by atoms with Crippen molar-refractivity contribution in [1.29, 1.82) is 0 Å². The molecule has 1 aromatic heterocycles. The third kappa shape index (κ3) is 0.790. The molecule has 0 aliphatic heterocycles. The second kappa shape index (κ2) is 2.09. The summed E-state index contributed by atoms with van der Waals surface area (Å²) in [5.74, 6) is 0. The van der Waals surface area contributed by atoms with Crippen molar-refractivity contribution in [2.75, 3.05) is 0 Å². The molecule has 0 bridgehead atoms. The van der Waals surface area contributed by atoms with Gasteiger partial charge in [0, 0.05) is 6.54 Å². The van der Waals surface area contributed by atoms with E-state index in [1.54, 1.807) is 0 Å². The lowest BCUT2D eigenvalue weighted by Gasteiger charge is -1.88. The molecule has 5 heteroatoms. The lowest BCUT2D eigenvalue weighted by Crippen LogP contribution is -1.95. The van der Waals surface area contributed by atoms with Gasteiger partial charge in [-0.15, -0.1) is 0 Å². The van der Waals surface area contributed by atoms with Crippen molar-refractivity contribution in [3.63, 3.8) is 0 Å². The Kier molecular flexibility index (Phi) is 1.43. The molecule has 0 spiro atoms. The van der Waals surface area contributed by atoms with Gasteiger partial charge >= 0.3 is 0 Å². The monoisotopic (exact) mass is 132 g/mol. The van der Waals surface area contributed by atoms with Crippen LogP contribution in [0.3, 0.4) is 0 Å². The van der Waals surface area contributed by atoms with Crippen LogP contribution in [0.25, 0.3) is 0 Å². The van der Waals surface area contributed by atoms with Crippen LogP contribution in [0.1, 0.15) is 6.92 Å². The molecule has 0 aliphatic carbocycles. The lowest BCUT2D eigenvalue weighted by molar-refractivity contribution is 0.626. The molecular weight excluding hydrogens is 128 g/mol. The van der Waals surface area contributed by atoms with E-state index in [1.807, 2.05) is 6.92 Å². The molecule has 8 heavy (non-hydrogen) atoms. The van der Waals surface area contributed by atoms with Crippen molar-refractivity contribution >= 4 is 11.6 Å². The third-order valence-electron chi connectivity index (χ3n) is 0.788. The van der Waals surface area contributed by atoms with Crippen LogP contribution in [0.15, 0.2) is 0 Å². The zero-order valence-electron chi connectivity index (χ0n) is 4.37. The van der Waals surface area contributed by atoms with Crippen LogP contribution in [0.5, 0.6) is 0 Å². The molecule has 0 unspecified atom stereocenters. The minimum Gasteiger partial charge on any atom is -0.216 e. The molecule has 1 heterocycles. The Balaban J connectivity index is 2.92. The van der Waals surface area contributed by atoms with Crippen molar-refractivity contribution < 1.29 is 0 Å². The molecule has 0 atom stereocenters. The number of hydrogen-bond acceptors (Lipinski definition) is 3. The van der Waals surface area contributed by atoms with E-state index >= 15 is 0 Å². The smallest absolute Gasteiger partial charge is 0.216 e. The van der Waals surface area contributed by atoms with Gasteiger partial charge < -0.3 is 0 Å². The highest BCUT2D eigenvalue weighted by molar-refractivity contribution is 6.28. The summed E-state index contributed by atoms with van der Waals surface area (Å²) in [6, 6.07) is 0. The van der Waals surface area contributed by atoms with E-state index < -0.39 is 0 Å². The second-order valence-corrected chi connectivity index (χ2v) is 1.60. The van der Waals surface area contributed by atoms with Crippen molar-refractivity contribution in [3.05, 3.63) is 5.28 Å². The van der Waals surface area contributed by atoms with Crippen LogP contribution in [0.4, 0.5) is 0 Å². The van der Waals surface area contributed by atoms with Gasteiger partial charge in [0.1, 0.15) is 0 Å². The van der Waals surface area contributed by atoms with Gasteiger partial charge in [0.25, 0.3) is 0 Å². The molecule has 44 valence electrons. The van der Waals surface area contributed by atoms with E-state index in [9.17, 15) is 0 Å². The van der Waals surface area contributed by atoms with Gasteiger partial charge in [-0.2, -0.15) is 0 Å². The van der Waals surface area contributed by atoms with Gasteiger partial charge in [0.05, 0.1) is 0 Å². The molecule has 4 nitrogen and oxygen atoms in total. The summed E-state index contributed by atoms with van der Waals surface area (Å²) in [5, 5.41) is 10.7. The average molecular weight is 133 g/mol. The summed E-state index contributed by atoms with van der Waals surface area (Å²) in [7, 11) is 0. The molecule has 0 radical (unpaired) electrons.